The van der Waals surface area contributed by atoms with Gasteiger partial charge in [-0.25, -0.2) is 5.84 Å². The Morgan fingerprint density at radius 2 is 2.21 bits per heavy atom. The molecule has 0 aromatic carbocycles. The zero-order valence-electron chi connectivity index (χ0n) is 11.2. The average Bonchev–Trinajstić information content (AvgIpc) is 2.97. The zero-order chi connectivity index (χ0) is 14.0. The molecule has 0 spiro atoms. The maximum absolute atomic E-state index is 11.4. The predicted molar refractivity (Wildman–Crippen MR) is 68.6 cm³/mol. The number of rotatable bonds is 4. The molecule has 2 rings (SSSR count). The Bertz CT molecular complexity index is 376. The molecule has 2 heterocycles. The summed E-state index contributed by atoms with van der Waals surface area (Å²) in [4.78, 5) is 24.9. The van der Waals surface area contributed by atoms with E-state index in [-0.39, 0.29) is 17.9 Å². The van der Waals surface area contributed by atoms with Gasteiger partial charge in [0.25, 0.3) is 5.91 Å². The van der Waals surface area contributed by atoms with E-state index in [4.69, 9.17) is 16.3 Å². The van der Waals surface area contributed by atoms with Crippen LogP contribution in [0.5, 0.6) is 0 Å². The summed E-state index contributed by atoms with van der Waals surface area (Å²) in [5.41, 5.74) is 7.09. The van der Waals surface area contributed by atoms with Crippen LogP contribution in [0.15, 0.2) is 0 Å². The van der Waals surface area contributed by atoms with E-state index < -0.39 is 11.5 Å². The molecule has 2 aliphatic rings. The molecule has 5 N–H and O–H groups in total. The van der Waals surface area contributed by atoms with Crippen molar-refractivity contribution in [2.75, 3.05) is 19.6 Å². The number of ether oxygens (including phenoxy) is 1. The first-order chi connectivity index (χ1) is 8.94. The second-order valence-corrected chi connectivity index (χ2v) is 5.74. The molecule has 7 heteroatoms. The molecule has 0 saturated carbocycles. The normalized spacial score (nSPS) is 35.5. The van der Waals surface area contributed by atoms with E-state index in [9.17, 15) is 9.59 Å². The van der Waals surface area contributed by atoms with Gasteiger partial charge in [0.1, 0.15) is 6.10 Å². The number of hydrazine groups is 1. The smallest absolute Gasteiger partial charge is 0.263 e. The molecular formula is C12H22N4O3. The third kappa shape index (κ3) is 3.05. The second kappa shape index (κ2) is 5.44. The molecule has 3 atom stereocenters. The Balaban J connectivity index is 1.81. The monoisotopic (exact) mass is 270 g/mol. The quantitative estimate of drug-likeness (QED) is 0.335. The minimum atomic E-state index is -0.444. The molecule has 19 heavy (non-hydrogen) atoms. The van der Waals surface area contributed by atoms with Crippen molar-refractivity contribution in [2.24, 2.45) is 17.0 Å². The topological polar surface area (TPSA) is 111 Å². The van der Waals surface area contributed by atoms with Gasteiger partial charge in [0.05, 0.1) is 11.5 Å². The van der Waals surface area contributed by atoms with Gasteiger partial charge in [0.15, 0.2) is 0 Å². The van der Waals surface area contributed by atoms with Gasteiger partial charge in [-0.15, -0.1) is 0 Å². The van der Waals surface area contributed by atoms with Crippen molar-refractivity contribution in [2.45, 2.75) is 38.4 Å². The van der Waals surface area contributed by atoms with Crippen molar-refractivity contribution in [3.63, 3.8) is 0 Å². The molecule has 3 unspecified atom stereocenters. The first-order valence-electron chi connectivity index (χ1n) is 6.63. The van der Waals surface area contributed by atoms with Crippen molar-refractivity contribution < 1.29 is 14.3 Å². The fraction of sp³-hybridized carbons (Fsp3) is 0.833. The molecule has 2 fully saturated rings. The van der Waals surface area contributed by atoms with E-state index in [1.807, 2.05) is 6.92 Å². The summed E-state index contributed by atoms with van der Waals surface area (Å²) in [6.45, 7) is 4.13. The summed E-state index contributed by atoms with van der Waals surface area (Å²) in [5.74, 6) is 4.57. The Morgan fingerprint density at radius 3 is 2.79 bits per heavy atom. The lowest BCUT2D eigenvalue weighted by atomic mass is 9.89. The summed E-state index contributed by atoms with van der Waals surface area (Å²) < 4.78 is 5.65. The van der Waals surface area contributed by atoms with Crippen LogP contribution in [-0.2, 0) is 14.3 Å². The Kier molecular flexibility index (Phi) is 4.07. The highest BCUT2D eigenvalue weighted by molar-refractivity contribution is 5.81. The molecule has 2 saturated heterocycles. The van der Waals surface area contributed by atoms with Crippen LogP contribution >= 0.6 is 0 Å². The van der Waals surface area contributed by atoms with E-state index in [1.165, 1.54) is 0 Å². The maximum Gasteiger partial charge on any atom is 0.263 e. The number of hydrogen-bond donors (Lipinski definition) is 3. The SMILES string of the molecule is CC1(C(N)=O)CCN(CC2CCC(C(=O)NN)O2)C1. The lowest BCUT2D eigenvalue weighted by Crippen LogP contribution is -2.41. The number of amides is 2. The van der Waals surface area contributed by atoms with Crippen LogP contribution in [0.2, 0.25) is 0 Å². The van der Waals surface area contributed by atoms with Crippen LogP contribution in [0.1, 0.15) is 26.2 Å². The third-order valence-electron chi connectivity index (χ3n) is 4.15. The summed E-state index contributed by atoms with van der Waals surface area (Å²) in [6.07, 6.45) is 1.88. The van der Waals surface area contributed by atoms with Gasteiger partial charge in [-0.05, 0) is 32.7 Å². The van der Waals surface area contributed by atoms with Crippen molar-refractivity contribution in [3.8, 4) is 0 Å². The number of nitrogens with two attached hydrogens (primary N) is 2. The first-order valence-corrected chi connectivity index (χ1v) is 6.63. The minimum absolute atomic E-state index is 0.0255. The van der Waals surface area contributed by atoms with Crippen LogP contribution < -0.4 is 17.0 Å². The van der Waals surface area contributed by atoms with Crippen molar-refractivity contribution in [3.05, 3.63) is 0 Å². The number of nitrogens with zero attached hydrogens (tertiary/aromatic N) is 1. The molecule has 0 radical (unpaired) electrons. The number of primary amides is 1. The molecular weight excluding hydrogens is 248 g/mol. The van der Waals surface area contributed by atoms with E-state index >= 15 is 0 Å². The molecule has 0 bridgehead atoms. The average molecular weight is 270 g/mol. The maximum atomic E-state index is 11.4. The molecule has 0 aliphatic carbocycles. The van der Waals surface area contributed by atoms with E-state index in [0.29, 0.717) is 13.0 Å². The van der Waals surface area contributed by atoms with E-state index in [1.54, 1.807) is 0 Å². The highest BCUT2D eigenvalue weighted by atomic mass is 16.5. The van der Waals surface area contributed by atoms with Gasteiger partial charge in [-0.1, -0.05) is 0 Å². The largest absolute Gasteiger partial charge is 0.369 e. The van der Waals surface area contributed by atoms with Crippen LogP contribution in [0.25, 0.3) is 0 Å². The minimum Gasteiger partial charge on any atom is -0.369 e. The Labute approximate surface area is 112 Å². The number of likely N-dealkylation sites (tertiary alicyclic amines) is 1. The van der Waals surface area contributed by atoms with Gasteiger partial charge in [-0.2, -0.15) is 0 Å². The standard InChI is InChI=1S/C12H22N4O3/c1-12(11(13)18)4-5-16(7-12)6-8-2-3-9(19-8)10(17)15-14/h8-9H,2-7,14H2,1H3,(H2,13,18)(H,15,17). The summed E-state index contributed by atoms with van der Waals surface area (Å²) in [5, 5.41) is 0. The van der Waals surface area contributed by atoms with Crippen molar-refractivity contribution >= 4 is 11.8 Å². The fourth-order valence-electron chi connectivity index (χ4n) is 2.83. The Hall–Kier alpha value is -1.18. The zero-order valence-corrected chi connectivity index (χ0v) is 11.2. The molecule has 2 aliphatic heterocycles. The third-order valence-corrected chi connectivity index (χ3v) is 4.15. The van der Waals surface area contributed by atoms with Crippen LogP contribution in [0.3, 0.4) is 0 Å². The van der Waals surface area contributed by atoms with Gasteiger partial charge >= 0.3 is 0 Å². The van der Waals surface area contributed by atoms with E-state index in [2.05, 4.69) is 10.3 Å². The van der Waals surface area contributed by atoms with Crippen molar-refractivity contribution in [1.82, 2.24) is 10.3 Å². The number of carbonyl (C=O) groups is 2. The summed E-state index contributed by atoms with van der Waals surface area (Å²) in [7, 11) is 0. The first kappa shape index (κ1) is 14.2. The van der Waals surface area contributed by atoms with Crippen molar-refractivity contribution in [1.29, 1.82) is 0 Å². The summed E-state index contributed by atoms with van der Waals surface area (Å²) in [6, 6.07) is 0. The van der Waals surface area contributed by atoms with Gasteiger partial charge in [-0.3, -0.25) is 19.9 Å². The van der Waals surface area contributed by atoms with Crippen LogP contribution in [0.4, 0.5) is 0 Å². The van der Waals surface area contributed by atoms with Crippen LogP contribution in [0, 0.1) is 5.41 Å². The summed E-state index contributed by atoms with van der Waals surface area (Å²) >= 11 is 0. The number of hydrogen-bond acceptors (Lipinski definition) is 5. The van der Waals surface area contributed by atoms with Gasteiger partial charge < -0.3 is 10.5 Å². The molecule has 7 nitrogen and oxygen atoms in total. The lowest BCUT2D eigenvalue weighted by Gasteiger charge is -2.23. The Morgan fingerprint density at radius 1 is 1.47 bits per heavy atom. The molecule has 0 aromatic rings. The molecule has 108 valence electrons. The lowest BCUT2D eigenvalue weighted by molar-refractivity contribution is -0.132. The highest BCUT2D eigenvalue weighted by Gasteiger charge is 2.40. The van der Waals surface area contributed by atoms with E-state index in [0.717, 1.165) is 25.9 Å². The second-order valence-electron chi connectivity index (χ2n) is 5.74. The molecule has 0 aromatic heterocycles. The van der Waals surface area contributed by atoms with Gasteiger partial charge in [0.2, 0.25) is 5.91 Å². The highest BCUT2D eigenvalue weighted by Crippen LogP contribution is 2.31. The number of carbonyl (C=O) groups excluding carboxylic acids is 2. The van der Waals surface area contributed by atoms with Crippen LogP contribution in [-0.4, -0.2) is 48.6 Å². The predicted octanol–water partition coefficient (Wildman–Crippen LogP) is -1.28. The molecule has 2 amide bonds. The number of nitrogens with one attached hydrogen (secondary N) is 1. The fourth-order valence-corrected chi connectivity index (χ4v) is 2.83. The van der Waals surface area contributed by atoms with Gasteiger partial charge in [0, 0.05) is 13.1 Å².